The van der Waals surface area contributed by atoms with E-state index in [0.29, 0.717) is 22.6 Å². The third-order valence-corrected chi connectivity index (χ3v) is 4.37. The second kappa shape index (κ2) is 8.07. The van der Waals surface area contributed by atoms with Gasteiger partial charge in [0.05, 0.1) is 31.0 Å². The Morgan fingerprint density at radius 1 is 1.04 bits per heavy atom. The van der Waals surface area contributed by atoms with Crippen LogP contribution in [0.4, 0.5) is 0 Å². The van der Waals surface area contributed by atoms with Gasteiger partial charge in [0.1, 0.15) is 5.75 Å². The van der Waals surface area contributed by atoms with Crippen LogP contribution in [0.2, 0.25) is 0 Å². The molecule has 2 rings (SSSR count). The Hall–Kier alpha value is -3.09. The van der Waals surface area contributed by atoms with Gasteiger partial charge in [-0.2, -0.15) is 0 Å². The van der Waals surface area contributed by atoms with Gasteiger partial charge in [-0.15, -0.1) is 0 Å². The summed E-state index contributed by atoms with van der Waals surface area (Å²) in [4.78, 5) is 39.8. The Morgan fingerprint density at radius 3 is 2.30 bits per heavy atom. The number of nitrogens with one attached hydrogen (secondary N) is 1. The highest BCUT2D eigenvalue weighted by atomic mass is 16.5. The molecular formula is C20H23NO6. The van der Waals surface area contributed by atoms with Crippen molar-refractivity contribution >= 4 is 17.7 Å². The fourth-order valence-electron chi connectivity index (χ4n) is 2.84. The summed E-state index contributed by atoms with van der Waals surface area (Å²) >= 11 is 0. The van der Waals surface area contributed by atoms with Gasteiger partial charge in [0.25, 0.3) is 0 Å². The SMILES string of the molecule is COC(=O)c1c(C)[nH]c(C(=O)[C@H](C)OC(=O)c2ccc(C)c(OC)c2)c1C. The molecule has 0 aliphatic carbocycles. The Morgan fingerprint density at radius 2 is 1.70 bits per heavy atom. The van der Waals surface area contributed by atoms with E-state index in [9.17, 15) is 14.4 Å². The molecule has 2 aromatic rings. The maximum Gasteiger partial charge on any atom is 0.339 e. The highest BCUT2D eigenvalue weighted by molar-refractivity contribution is 6.04. The molecule has 0 radical (unpaired) electrons. The highest BCUT2D eigenvalue weighted by Gasteiger charge is 2.27. The molecule has 0 saturated heterocycles. The number of esters is 2. The number of Topliss-reactive ketones (excluding diaryl/α,β-unsaturated/α-hetero) is 1. The average molecular weight is 373 g/mol. The monoisotopic (exact) mass is 373 g/mol. The number of hydrogen-bond donors (Lipinski definition) is 1. The van der Waals surface area contributed by atoms with Crippen LogP contribution in [0.1, 0.15) is 54.9 Å². The number of H-pyrrole nitrogens is 1. The van der Waals surface area contributed by atoms with E-state index in [1.54, 1.807) is 32.0 Å². The smallest absolute Gasteiger partial charge is 0.339 e. The Balaban J connectivity index is 2.21. The molecule has 0 aliphatic heterocycles. The van der Waals surface area contributed by atoms with Gasteiger partial charge in [0.15, 0.2) is 6.10 Å². The molecular weight excluding hydrogens is 350 g/mol. The zero-order valence-corrected chi connectivity index (χ0v) is 16.3. The number of aromatic amines is 1. The molecule has 0 saturated carbocycles. The molecule has 7 nitrogen and oxygen atoms in total. The molecule has 1 atom stereocenters. The summed E-state index contributed by atoms with van der Waals surface area (Å²) in [6, 6.07) is 4.91. The van der Waals surface area contributed by atoms with Crippen molar-refractivity contribution < 1.29 is 28.6 Å². The summed E-state index contributed by atoms with van der Waals surface area (Å²) in [7, 11) is 2.79. The van der Waals surface area contributed by atoms with Gasteiger partial charge in [-0.3, -0.25) is 4.79 Å². The van der Waals surface area contributed by atoms with Crippen LogP contribution >= 0.6 is 0 Å². The Labute approximate surface area is 157 Å². The van der Waals surface area contributed by atoms with E-state index in [4.69, 9.17) is 14.2 Å². The lowest BCUT2D eigenvalue weighted by Gasteiger charge is -2.13. The molecule has 1 aromatic carbocycles. The largest absolute Gasteiger partial charge is 0.496 e. The average Bonchev–Trinajstić information content (AvgIpc) is 2.94. The zero-order valence-electron chi connectivity index (χ0n) is 16.3. The molecule has 0 fully saturated rings. The molecule has 0 unspecified atom stereocenters. The lowest BCUT2D eigenvalue weighted by Crippen LogP contribution is -2.25. The predicted octanol–water partition coefficient (Wildman–Crippen LogP) is 3.16. The predicted molar refractivity (Wildman–Crippen MR) is 98.5 cm³/mol. The number of methoxy groups -OCH3 is 2. The lowest BCUT2D eigenvalue weighted by molar-refractivity contribution is 0.0316. The first-order valence-corrected chi connectivity index (χ1v) is 8.38. The summed E-state index contributed by atoms with van der Waals surface area (Å²) in [6.07, 6.45) is -1.04. The molecule has 0 aliphatic rings. The maximum absolute atomic E-state index is 12.7. The minimum atomic E-state index is -1.04. The first-order chi connectivity index (χ1) is 12.7. The molecule has 0 amide bonds. The van der Waals surface area contributed by atoms with Crippen molar-refractivity contribution in [1.29, 1.82) is 0 Å². The number of carbonyl (C=O) groups is 3. The number of aromatic nitrogens is 1. The van der Waals surface area contributed by atoms with Crippen LogP contribution in [-0.2, 0) is 9.47 Å². The van der Waals surface area contributed by atoms with Crippen molar-refractivity contribution in [2.75, 3.05) is 14.2 Å². The number of hydrogen-bond acceptors (Lipinski definition) is 6. The molecule has 1 aromatic heterocycles. The van der Waals surface area contributed by atoms with Gasteiger partial charge in [-0.25, -0.2) is 9.59 Å². The van der Waals surface area contributed by atoms with E-state index in [1.165, 1.54) is 21.1 Å². The number of ether oxygens (including phenoxy) is 3. The molecule has 144 valence electrons. The number of ketones is 1. The van der Waals surface area contributed by atoms with Gasteiger partial charge >= 0.3 is 11.9 Å². The fourth-order valence-corrected chi connectivity index (χ4v) is 2.84. The molecule has 1 heterocycles. The van der Waals surface area contributed by atoms with Crippen molar-refractivity contribution in [3.8, 4) is 5.75 Å². The standard InChI is InChI=1S/C20H23NO6/c1-10-7-8-14(9-15(10)25-5)19(23)27-13(4)18(22)17-11(2)16(12(3)21-17)20(24)26-6/h7-9,13,21H,1-6H3/t13-/m0/s1. The van der Waals surface area contributed by atoms with E-state index < -0.39 is 23.8 Å². The van der Waals surface area contributed by atoms with Crippen molar-refractivity contribution in [2.45, 2.75) is 33.8 Å². The van der Waals surface area contributed by atoms with Gasteiger partial charge in [-0.05, 0) is 51.0 Å². The Bertz CT molecular complexity index is 896. The van der Waals surface area contributed by atoms with Crippen molar-refractivity contribution in [2.24, 2.45) is 0 Å². The van der Waals surface area contributed by atoms with Crippen LogP contribution < -0.4 is 4.74 Å². The quantitative estimate of drug-likeness (QED) is 0.617. The third-order valence-electron chi connectivity index (χ3n) is 4.37. The number of aryl methyl sites for hydroxylation is 2. The first kappa shape index (κ1) is 20.2. The van der Waals surface area contributed by atoms with Crippen LogP contribution in [0.5, 0.6) is 5.75 Å². The minimum absolute atomic E-state index is 0.217. The number of rotatable bonds is 6. The molecule has 1 N–H and O–H groups in total. The molecule has 27 heavy (non-hydrogen) atoms. The fraction of sp³-hybridized carbons (Fsp3) is 0.350. The number of carbonyl (C=O) groups excluding carboxylic acids is 3. The van der Waals surface area contributed by atoms with Gasteiger partial charge < -0.3 is 19.2 Å². The second-order valence-electron chi connectivity index (χ2n) is 6.21. The van der Waals surface area contributed by atoms with E-state index in [-0.39, 0.29) is 11.3 Å². The molecule has 0 spiro atoms. The third kappa shape index (κ3) is 4.02. The van der Waals surface area contributed by atoms with Gasteiger partial charge in [0, 0.05) is 5.69 Å². The topological polar surface area (TPSA) is 94.7 Å². The summed E-state index contributed by atoms with van der Waals surface area (Å²) in [6.45, 7) is 6.65. The van der Waals surface area contributed by atoms with Gasteiger partial charge in [0.2, 0.25) is 5.78 Å². The van der Waals surface area contributed by atoms with Gasteiger partial charge in [-0.1, -0.05) is 6.07 Å². The van der Waals surface area contributed by atoms with Crippen LogP contribution in [0.3, 0.4) is 0 Å². The van der Waals surface area contributed by atoms with E-state index in [1.807, 2.05) is 6.92 Å². The summed E-state index contributed by atoms with van der Waals surface area (Å²) < 4.78 is 15.2. The van der Waals surface area contributed by atoms with Crippen LogP contribution in [-0.4, -0.2) is 43.0 Å². The maximum atomic E-state index is 12.7. The first-order valence-electron chi connectivity index (χ1n) is 8.38. The zero-order chi connectivity index (χ0) is 20.3. The second-order valence-corrected chi connectivity index (χ2v) is 6.21. The van der Waals surface area contributed by atoms with Crippen molar-refractivity contribution in [1.82, 2.24) is 4.98 Å². The summed E-state index contributed by atoms with van der Waals surface area (Å²) in [5.74, 6) is -1.04. The van der Waals surface area contributed by atoms with E-state index in [0.717, 1.165) is 5.56 Å². The van der Waals surface area contributed by atoms with Crippen LogP contribution in [0.25, 0.3) is 0 Å². The van der Waals surface area contributed by atoms with E-state index >= 15 is 0 Å². The van der Waals surface area contributed by atoms with E-state index in [2.05, 4.69) is 4.98 Å². The van der Waals surface area contributed by atoms with Crippen LogP contribution in [0, 0.1) is 20.8 Å². The summed E-state index contributed by atoms with van der Waals surface area (Å²) in [5.41, 5.74) is 2.67. The van der Waals surface area contributed by atoms with Crippen molar-refractivity contribution in [3.63, 3.8) is 0 Å². The Kier molecular flexibility index (Phi) is 6.05. The summed E-state index contributed by atoms with van der Waals surface area (Å²) in [5, 5.41) is 0. The molecule has 0 bridgehead atoms. The number of benzene rings is 1. The minimum Gasteiger partial charge on any atom is -0.496 e. The normalized spacial score (nSPS) is 11.6. The van der Waals surface area contributed by atoms with Crippen molar-refractivity contribution in [3.05, 3.63) is 51.8 Å². The lowest BCUT2D eigenvalue weighted by atomic mass is 10.1. The molecule has 7 heteroatoms. The highest BCUT2D eigenvalue weighted by Crippen LogP contribution is 2.22. The van der Waals surface area contributed by atoms with Crippen LogP contribution in [0.15, 0.2) is 18.2 Å².